The number of rotatable bonds is 16. The number of nitrogens with zero attached hydrogens (tertiary/aromatic N) is 1. The van der Waals surface area contributed by atoms with Gasteiger partial charge in [0.05, 0.1) is 35.7 Å². The minimum absolute atomic E-state index is 0.104. The smallest absolute Gasteiger partial charge is 0.383 e. The Morgan fingerprint density at radius 1 is 0.882 bits per heavy atom. The summed E-state index contributed by atoms with van der Waals surface area (Å²) in [5.74, 6) is -10.0. The Bertz CT molecular complexity index is 1660. The summed E-state index contributed by atoms with van der Waals surface area (Å²) >= 11 is 18.4. The van der Waals surface area contributed by atoms with Gasteiger partial charge in [-0.25, -0.2) is 0 Å². The highest BCUT2D eigenvalue weighted by Crippen LogP contribution is 2.31. The monoisotopic (exact) mass is 766 g/mol. The zero-order chi connectivity index (χ0) is 37.1. The van der Waals surface area contributed by atoms with Crippen molar-refractivity contribution < 1.29 is 37.4 Å². The van der Waals surface area contributed by atoms with Crippen LogP contribution in [0.4, 0.5) is 8.78 Å². The van der Waals surface area contributed by atoms with Crippen LogP contribution in [0.25, 0.3) is 0 Å². The first kappa shape index (κ1) is 40.0. The third-order valence-electron chi connectivity index (χ3n) is 8.14. The summed E-state index contributed by atoms with van der Waals surface area (Å²) in [6.07, 6.45) is -1.22. The fourth-order valence-electron chi connectivity index (χ4n) is 5.29. The van der Waals surface area contributed by atoms with Crippen LogP contribution < -0.4 is 20.7 Å². The summed E-state index contributed by atoms with van der Waals surface area (Å²) in [5.41, 5.74) is 0.821. The number of morpholine rings is 1. The van der Waals surface area contributed by atoms with Crippen molar-refractivity contribution in [2.24, 2.45) is 5.92 Å². The molecule has 1 aliphatic heterocycles. The van der Waals surface area contributed by atoms with Gasteiger partial charge in [0.25, 0.3) is 5.91 Å². The maximum absolute atomic E-state index is 15.3. The summed E-state index contributed by atoms with van der Waals surface area (Å²) in [6, 6.07) is 16.1. The molecule has 3 amide bonds. The minimum atomic E-state index is -4.44. The van der Waals surface area contributed by atoms with Crippen molar-refractivity contribution in [2.75, 3.05) is 39.4 Å². The molecule has 0 spiro atoms. The molecule has 1 aliphatic rings. The van der Waals surface area contributed by atoms with E-state index in [0.29, 0.717) is 59.8 Å². The van der Waals surface area contributed by atoms with Crippen LogP contribution in [-0.4, -0.2) is 79.8 Å². The number of nitrogens with one attached hydrogen (secondary N) is 3. The molecule has 0 aliphatic carbocycles. The van der Waals surface area contributed by atoms with Crippen molar-refractivity contribution in [3.63, 3.8) is 0 Å². The van der Waals surface area contributed by atoms with Gasteiger partial charge in [-0.05, 0) is 53.4 Å². The van der Waals surface area contributed by atoms with Crippen molar-refractivity contribution in [1.29, 1.82) is 0 Å². The van der Waals surface area contributed by atoms with Crippen LogP contribution in [0.15, 0.2) is 72.8 Å². The molecule has 1 heterocycles. The van der Waals surface area contributed by atoms with Gasteiger partial charge < -0.3 is 25.4 Å². The number of carbonyl (C=O) groups is 4. The van der Waals surface area contributed by atoms with Gasteiger partial charge in [-0.2, -0.15) is 8.78 Å². The normalized spacial score (nSPS) is 15.4. The lowest BCUT2D eigenvalue weighted by Gasteiger charge is -2.29. The predicted octanol–water partition coefficient (Wildman–Crippen LogP) is 5.81. The zero-order valence-corrected chi connectivity index (χ0v) is 30.2. The first-order valence-electron chi connectivity index (χ1n) is 16.3. The number of ether oxygens (including phenoxy) is 2. The largest absolute Gasteiger partial charge is 0.485 e. The van der Waals surface area contributed by atoms with E-state index < -0.39 is 53.5 Å². The molecule has 3 unspecified atom stereocenters. The first-order chi connectivity index (χ1) is 24.3. The second-order valence-corrected chi connectivity index (χ2v) is 13.5. The third-order valence-corrected chi connectivity index (χ3v) is 9.13. The van der Waals surface area contributed by atoms with Crippen LogP contribution in [0.1, 0.15) is 43.5 Å². The Labute approximate surface area is 310 Å². The molecule has 51 heavy (non-hydrogen) atoms. The number of hydrogen-bond acceptors (Lipinski definition) is 7. The second kappa shape index (κ2) is 18.6. The van der Waals surface area contributed by atoms with Gasteiger partial charge in [-0.3, -0.25) is 24.1 Å². The Morgan fingerprint density at radius 2 is 1.55 bits per heavy atom. The molecule has 0 aromatic heterocycles. The lowest BCUT2D eigenvalue weighted by Crippen LogP contribution is -2.58. The molecule has 15 heteroatoms. The molecule has 0 saturated carbocycles. The number of halogens is 5. The van der Waals surface area contributed by atoms with Crippen molar-refractivity contribution in [3.05, 3.63) is 99.0 Å². The summed E-state index contributed by atoms with van der Waals surface area (Å²) in [4.78, 5) is 55.1. The molecule has 3 aromatic carbocycles. The minimum Gasteiger partial charge on any atom is -0.485 e. The molecule has 3 aromatic rings. The Balaban J connectivity index is 1.50. The number of hydrogen-bond donors (Lipinski definition) is 3. The average Bonchev–Trinajstić information content (AvgIpc) is 3.11. The number of alkyl halides is 2. The van der Waals surface area contributed by atoms with Gasteiger partial charge in [0, 0.05) is 31.2 Å². The van der Waals surface area contributed by atoms with E-state index in [1.54, 1.807) is 72.8 Å². The number of ketones is 1. The first-order valence-corrected chi connectivity index (χ1v) is 17.4. The maximum Gasteiger partial charge on any atom is 0.383 e. The molecule has 10 nitrogen and oxygen atoms in total. The van der Waals surface area contributed by atoms with E-state index in [9.17, 15) is 19.2 Å². The van der Waals surface area contributed by atoms with E-state index in [4.69, 9.17) is 44.3 Å². The lowest BCUT2D eigenvalue weighted by atomic mass is 9.94. The highest BCUT2D eigenvalue weighted by molar-refractivity contribution is 6.42. The SMILES string of the molecule is CC(C)C(NC(=O)C(NC(=O)CC(Oc1ccc(Cl)cc1)c1ccc(Cl)c(Cl)c1)c1ccccc1)C(=O)C(F)(F)C(=O)NCCN1CCOCC1. The van der Waals surface area contributed by atoms with Crippen molar-refractivity contribution in [3.8, 4) is 5.75 Å². The highest BCUT2D eigenvalue weighted by Gasteiger charge is 2.51. The highest BCUT2D eigenvalue weighted by atomic mass is 35.5. The quantitative estimate of drug-likeness (QED) is 0.157. The van der Waals surface area contributed by atoms with Crippen molar-refractivity contribution in [2.45, 2.75) is 44.4 Å². The molecule has 4 rings (SSSR count). The Hall–Kier alpha value is -3.81. The molecule has 3 atom stereocenters. The summed E-state index contributed by atoms with van der Waals surface area (Å²) in [5, 5.41) is 8.16. The zero-order valence-electron chi connectivity index (χ0n) is 28.0. The van der Waals surface area contributed by atoms with Gasteiger partial charge in [-0.15, -0.1) is 0 Å². The third kappa shape index (κ3) is 11.3. The molecular formula is C36H39Cl3F2N4O6. The molecule has 1 fully saturated rings. The molecule has 3 N–H and O–H groups in total. The number of benzene rings is 3. The van der Waals surface area contributed by atoms with Crippen LogP contribution in [0.2, 0.25) is 15.1 Å². The van der Waals surface area contributed by atoms with Crippen LogP contribution >= 0.6 is 34.8 Å². The number of amides is 3. The van der Waals surface area contributed by atoms with Gasteiger partial charge >= 0.3 is 5.92 Å². The van der Waals surface area contributed by atoms with E-state index in [-0.39, 0.29) is 18.0 Å². The van der Waals surface area contributed by atoms with Gasteiger partial charge in [0.15, 0.2) is 0 Å². The van der Waals surface area contributed by atoms with E-state index in [2.05, 4.69) is 16.0 Å². The molecule has 1 saturated heterocycles. The topological polar surface area (TPSA) is 126 Å². The molecular weight excluding hydrogens is 729 g/mol. The molecule has 0 bridgehead atoms. The molecule has 274 valence electrons. The standard InChI is InChI=1S/C36H39Cl3F2N4O6/c1-22(2)31(33(47)36(40,41)35(49)42-14-15-45-16-18-50-19-17-45)44-34(48)32(23-6-4-3-5-7-23)43-30(46)21-29(24-8-13-27(38)28(39)20-24)51-26-11-9-25(37)10-12-26/h3-13,20,22,29,31-32H,14-19,21H2,1-2H3,(H,42,49)(H,43,46)(H,44,48). The number of carbonyl (C=O) groups excluding carboxylic acids is 4. The van der Waals surface area contributed by atoms with Crippen molar-refractivity contribution >= 4 is 58.3 Å². The van der Waals surface area contributed by atoms with Gasteiger partial charge in [-0.1, -0.05) is 85.0 Å². The summed E-state index contributed by atoms with van der Waals surface area (Å²) in [7, 11) is 0. The summed E-state index contributed by atoms with van der Waals surface area (Å²) < 4.78 is 41.9. The predicted molar refractivity (Wildman–Crippen MR) is 190 cm³/mol. The van der Waals surface area contributed by atoms with E-state index in [0.717, 1.165) is 0 Å². The van der Waals surface area contributed by atoms with Crippen LogP contribution in [0, 0.1) is 5.92 Å². The van der Waals surface area contributed by atoms with E-state index >= 15 is 8.78 Å². The van der Waals surface area contributed by atoms with Gasteiger partial charge in [0.1, 0.15) is 17.9 Å². The van der Waals surface area contributed by atoms with Crippen LogP contribution in [-0.2, 0) is 23.9 Å². The van der Waals surface area contributed by atoms with E-state index in [1.807, 2.05) is 4.90 Å². The van der Waals surface area contributed by atoms with Crippen molar-refractivity contribution in [1.82, 2.24) is 20.9 Å². The van der Waals surface area contributed by atoms with Crippen LogP contribution in [0.3, 0.4) is 0 Å². The summed E-state index contributed by atoms with van der Waals surface area (Å²) in [6.45, 7) is 5.30. The average molecular weight is 768 g/mol. The fourth-order valence-corrected chi connectivity index (χ4v) is 5.73. The molecule has 0 radical (unpaired) electrons. The fraction of sp³-hybridized carbons (Fsp3) is 0.389. The van der Waals surface area contributed by atoms with Gasteiger partial charge in [0.2, 0.25) is 17.6 Å². The Morgan fingerprint density at radius 3 is 2.18 bits per heavy atom. The number of Topliss-reactive ketones (excluding diaryl/α,β-unsaturated/α-hetero) is 1. The maximum atomic E-state index is 15.3. The van der Waals surface area contributed by atoms with Crippen LogP contribution in [0.5, 0.6) is 5.75 Å². The van der Waals surface area contributed by atoms with E-state index in [1.165, 1.54) is 13.8 Å². The lowest BCUT2D eigenvalue weighted by molar-refractivity contribution is -0.161. The second-order valence-electron chi connectivity index (χ2n) is 12.2. The Kier molecular flexibility index (Phi) is 14.6.